The number of benzene rings is 1. The molecule has 1 heterocycles. The normalized spacial score (nSPS) is 15.8. The van der Waals surface area contributed by atoms with Gasteiger partial charge in [0.05, 0.1) is 24.6 Å². The van der Waals surface area contributed by atoms with Crippen molar-refractivity contribution in [1.82, 2.24) is 10.2 Å². The molecule has 1 aliphatic heterocycles. The number of methoxy groups -OCH3 is 1. The number of hydrogen-bond donors (Lipinski definition) is 1. The van der Waals surface area contributed by atoms with Gasteiger partial charge in [-0.15, -0.1) is 0 Å². The first-order valence-electron chi connectivity index (χ1n) is 8.64. The second-order valence-electron chi connectivity index (χ2n) is 5.80. The van der Waals surface area contributed by atoms with E-state index < -0.39 is 0 Å². The van der Waals surface area contributed by atoms with Crippen molar-refractivity contribution in [2.45, 2.75) is 19.8 Å². The van der Waals surface area contributed by atoms with Crippen molar-refractivity contribution in [1.29, 1.82) is 0 Å². The molecule has 1 aliphatic rings. The van der Waals surface area contributed by atoms with E-state index in [2.05, 4.69) is 15.2 Å². The van der Waals surface area contributed by atoms with Crippen LogP contribution < -0.4 is 10.1 Å². The van der Waals surface area contributed by atoms with E-state index in [9.17, 15) is 4.79 Å². The van der Waals surface area contributed by atoms with Crippen LogP contribution in [0.5, 0.6) is 5.75 Å². The smallest absolute Gasteiger partial charge is 0.308 e. The lowest BCUT2D eigenvalue weighted by molar-refractivity contribution is -0.146. The Morgan fingerprint density at radius 2 is 2.08 bits per heavy atom. The lowest BCUT2D eigenvalue weighted by Gasteiger charge is -2.33. The van der Waals surface area contributed by atoms with Gasteiger partial charge in [0.1, 0.15) is 12.4 Å². The molecular weight excluding hydrogens is 342 g/mol. The number of ether oxygens (including phenoxy) is 2. The van der Waals surface area contributed by atoms with Crippen LogP contribution in [0.3, 0.4) is 0 Å². The number of carbonyl (C=O) groups excluding carboxylic acids is 1. The van der Waals surface area contributed by atoms with Crippen molar-refractivity contribution in [2.75, 3.05) is 39.9 Å². The number of para-hydroxylation sites is 1. The first kappa shape index (κ1) is 19.4. The standard InChI is InChI=1S/C18H26ClN3O3/c1-3-20-18(22-11-8-14(9-12-22)17(23)24-2)21-10-13-25-16-7-5-4-6-15(16)19/h4-7,14H,3,8-13H2,1-2H3,(H,20,21). The molecule has 138 valence electrons. The van der Waals surface area contributed by atoms with Crippen LogP contribution in [0, 0.1) is 5.92 Å². The molecule has 0 saturated carbocycles. The third-order valence-electron chi connectivity index (χ3n) is 4.11. The molecule has 0 atom stereocenters. The molecule has 0 radical (unpaired) electrons. The number of carbonyl (C=O) groups is 1. The van der Waals surface area contributed by atoms with E-state index in [4.69, 9.17) is 21.1 Å². The van der Waals surface area contributed by atoms with Crippen molar-refractivity contribution in [2.24, 2.45) is 10.9 Å². The second-order valence-corrected chi connectivity index (χ2v) is 6.21. The number of aliphatic imine (C=N–C) groups is 1. The number of likely N-dealkylation sites (tertiary alicyclic amines) is 1. The van der Waals surface area contributed by atoms with Crippen molar-refractivity contribution in [3.63, 3.8) is 0 Å². The molecule has 1 aromatic carbocycles. The summed E-state index contributed by atoms with van der Waals surface area (Å²) in [6, 6.07) is 7.40. The van der Waals surface area contributed by atoms with E-state index in [0.29, 0.717) is 23.9 Å². The van der Waals surface area contributed by atoms with Crippen molar-refractivity contribution in [3.05, 3.63) is 29.3 Å². The van der Waals surface area contributed by atoms with Crippen LogP contribution in [-0.2, 0) is 9.53 Å². The topological polar surface area (TPSA) is 63.2 Å². The van der Waals surface area contributed by atoms with Crippen molar-refractivity contribution >= 4 is 23.5 Å². The fourth-order valence-electron chi connectivity index (χ4n) is 2.79. The van der Waals surface area contributed by atoms with Crippen LogP contribution in [0.4, 0.5) is 0 Å². The predicted octanol–water partition coefficient (Wildman–Crippen LogP) is 2.57. The van der Waals surface area contributed by atoms with Crippen molar-refractivity contribution in [3.8, 4) is 5.75 Å². The first-order chi connectivity index (χ1) is 12.2. The summed E-state index contributed by atoms with van der Waals surface area (Å²) in [6.07, 6.45) is 1.57. The van der Waals surface area contributed by atoms with Crippen LogP contribution in [0.2, 0.25) is 5.02 Å². The highest BCUT2D eigenvalue weighted by Gasteiger charge is 2.26. The maximum atomic E-state index is 11.6. The number of nitrogens with one attached hydrogen (secondary N) is 1. The molecule has 7 heteroatoms. The van der Waals surface area contributed by atoms with Gasteiger partial charge in [-0.2, -0.15) is 0 Å². The Balaban J connectivity index is 1.84. The Morgan fingerprint density at radius 3 is 2.72 bits per heavy atom. The maximum Gasteiger partial charge on any atom is 0.308 e. The number of rotatable bonds is 6. The fourth-order valence-corrected chi connectivity index (χ4v) is 2.98. The molecule has 1 fully saturated rings. The summed E-state index contributed by atoms with van der Waals surface area (Å²) in [4.78, 5) is 18.4. The van der Waals surface area contributed by atoms with E-state index >= 15 is 0 Å². The quantitative estimate of drug-likeness (QED) is 0.362. The molecule has 0 aromatic heterocycles. The van der Waals surface area contributed by atoms with Crippen LogP contribution >= 0.6 is 11.6 Å². The largest absolute Gasteiger partial charge is 0.490 e. The summed E-state index contributed by atoms with van der Waals surface area (Å²) < 4.78 is 10.5. The summed E-state index contributed by atoms with van der Waals surface area (Å²) in [6.45, 7) is 5.40. The minimum Gasteiger partial charge on any atom is -0.490 e. The van der Waals surface area contributed by atoms with E-state index in [1.54, 1.807) is 6.07 Å². The number of piperidine rings is 1. The van der Waals surface area contributed by atoms with Crippen molar-refractivity contribution < 1.29 is 14.3 Å². The summed E-state index contributed by atoms with van der Waals surface area (Å²) in [5.74, 6) is 1.40. The second kappa shape index (κ2) is 10.1. The van der Waals surface area contributed by atoms with Gasteiger partial charge in [0.2, 0.25) is 0 Å². The zero-order valence-corrected chi connectivity index (χ0v) is 15.6. The Labute approximate surface area is 154 Å². The highest BCUT2D eigenvalue weighted by Crippen LogP contribution is 2.23. The molecule has 1 saturated heterocycles. The fraction of sp³-hybridized carbons (Fsp3) is 0.556. The minimum absolute atomic E-state index is 0.00678. The van der Waals surface area contributed by atoms with Crippen LogP contribution in [0.1, 0.15) is 19.8 Å². The van der Waals surface area contributed by atoms with Gasteiger partial charge in [0.15, 0.2) is 5.96 Å². The third-order valence-corrected chi connectivity index (χ3v) is 4.42. The monoisotopic (exact) mass is 367 g/mol. The van der Waals surface area contributed by atoms with Crippen LogP contribution in [0.25, 0.3) is 0 Å². The van der Waals surface area contributed by atoms with Gasteiger partial charge in [-0.05, 0) is 31.9 Å². The van der Waals surface area contributed by atoms with Gasteiger partial charge < -0.3 is 19.7 Å². The number of hydrogen-bond acceptors (Lipinski definition) is 4. The Morgan fingerprint density at radius 1 is 1.36 bits per heavy atom. The molecule has 1 aromatic rings. The zero-order valence-electron chi connectivity index (χ0n) is 14.8. The summed E-state index contributed by atoms with van der Waals surface area (Å²) in [5.41, 5.74) is 0. The van der Waals surface area contributed by atoms with Gasteiger partial charge in [-0.3, -0.25) is 4.79 Å². The van der Waals surface area contributed by atoms with E-state index in [1.807, 2.05) is 25.1 Å². The minimum atomic E-state index is -0.116. The lowest BCUT2D eigenvalue weighted by atomic mass is 9.97. The summed E-state index contributed by atoms with van der Waals surface area (Å²) in [7, 11) is 1.44. The molecular formula is C18H26ClN3O3. The molecule has 0 bridgehead atoms. The summed E-state index contributed by atoms with van der Waals surface area (Å²) in [5, 5.41) is 3.90. The van der Waals surface area contributed by atoms with Gasteiger partial charge in [0.25, 0.3) is 0 Å². The van der Waals surface area contributed by atoms with Crippen LogP contribution in [-0.4, -0.2) is 56.7 Å². The van der Waals surface area contributed by atoms with E-state index in [1.165, 1.54) is 7.11 Å². The highest BCUT2D eigenvalue weighted by atomic mass is 35.5. The number of guanidine groups is 1. The maximum absolute atomic E-state index is 11.6. The zero-order chi connectivity index (χ0) is 18.1. The van der Waals surface area contributed by atoms with Gasteiger partial charge in [-0.1, -0.05) is 23.7 Å². The highest BCUT2D eigenvalue weighted by molar-refractivity contribution is 6.32. The van der Waals surface area contributed by atoms with Gasteiger partial charge >= 0.3 is 5.97 Å². The first-order valence-corrected chi connectivity index (χ1v) is 9.02. The molecule has 6 nitrogen and oxygen atoms in total. The molecule has 2 rings (SSSR count). The van der Waals surface area contributed by atoms with E-state index in [0.717, 1.165) is 38.4 Å². The molecule has 0 unspecified atom stereocenters. The SMILES string of the molecule is CCNC(=NCCOc1ccccc1Cl)N1CCC(C(=O)OC)CC1. The number of halogens is 1. The average molecular weight is 368 g/mol. The van der Waals surface area contributed by atoms with E-state index in [-0.39, 0.29) is 11.9 Å². The Kier molecular flexibility index (Phi) is 7.85. The molecule has 1 N–H and O–H groups in total. The Bertz CT molecular complexity index is 587. The third kappa shape index (κ3) is 5.81. The molecule has 0 aliphatic carbocycles. The molecule has 0 spiro atoms. The summed E-state index contributed by atoms with van der Waals surface area (Å²) >= 11 is 6.07. The van der Waals surface area contributed by atoms with Gasteiger partial charge in [-0.25, -0.2) is 4.99 Å². The average Bonchev–Trinajstić information content (AvgIpc) is 2.65. The lowest BCUT2D eigenvalue weighted by Crippen LogP contribution is -2.46. The molecule has 25 heavy (non-hydrogen) atoms. The number of esters is 1. The number of nitrogens with zero attached hydrogens (tertiary/aromatic N) is 2. The van der Waals surface area contributed by atoms with Gasteiger partial charge in [0, 0.05) is 19.6 Å². The Hall–Kier alpha value is -1.95. The van der Waals surface area contributed by atoms with Crippen LogP contribution in [0.15, 0.2) is 29.3 Å². The predicted molar refractivity (Wildman–Crippen MR) is 99.2 cm³/mol. The molecule has 0 amide bonds.